The van der Waals surface area contributed by atoms with E-state index in [9.17, 15) is 14.5 Å². The highest BCUT2D eigenvalue weighted by molar-refractivity contribution is 9.10. The Morgan fingerprint density at radius 2 is 1.95 bits per heavy atom. The summed E-state index contributed by atoms with van der Waals surface area (Å²) in [5.74, 6) is -0.815. The summed E-state index contributed by atoms with van der Waals surface area (Å²) in [5.41, 5.74) is 0.774. The van der Waals surface area contributed by atoms with Gasteiger partial charge in [0.2, 0.25) is 0 Å². The molecule has 2 aromatic rings. The summed E-state index contributed by atoms with van der Waals surface area (Å²) in [6.07, 6.45) is 0. The molecule has 0 fully saturated rings. The summed E-state index contributed by atoms with van der Waals surface area (Å²) < 4.78 is 14.3. The Labute approximate surface area is 134 Å². The van der Waals surface area contributed by atoms with Crippen LogP contribution in [0.2, 0.25) is 5.02 Å². The lowest BCUT2D eigenvalue weighted by Gasteiger charge is -2.16. The maximum atomic E-state index is 13.4. The number of hydrogen-bond donors (Lipinski definition) is 1. The summed E-state index contributed by atoms with van der Waals surface area (Å²) in [6.45, 7) is 1.85. The molecule has 0 amide bonds. The van der Waals surface area contributed by atoms with Crippen molar-refractivity contribution < 1.29 is 9.31 Å². The predicted octanol–water partition coefficient (Wildman–Crippen LogP) is 5.32. The zero-order chi connectivity index (χ0) is 15.6. The summed E-state index contributed by atoms with van der Waals surface area (Å²) in [6, 6.07) is 9.37. The molecule has 1 unspecified atom stereocenters. The second kappa shape index (κ2) is 6.41. The highest BCUT2D eigenvalue weighted by atomic mass is 79.9. The third-order valence-corrected chi connectivity index (χ3v) is 3.80. The molecule has 0 heterocycles. The number of rotatable bonds is 4. The van der Waals surface area contributed by atoms with Crippen molar-refractivity contribution in [3.63, 3.8) is 0 Å². The van der Waals surface area contributed by atoms with Gasteiger partial charge in [0.1, 0.15) is 11.5 Å². The Balaban J connectivity index is 2.32. The van der Waals surface area contributed by atoms with Gasteiger partial charge in [-0.25, -0.2) is 4.39 Å². The minimum atomic E-state index is -0.815. The van der Waals surface area contributed by atoms with E-state index in [2.05, 4.69) is 21.2 Å². The zero-order valence-electron chi connectivity index (χ0n) is 10.9. The zero-order valence-corrected chi connectivity index (χ0v) is 13.3. The normalized spacial score (nSPS) is 12.0. The molecule has 7 heteroatoms. The third-order valence-electron chi connectivity index (χ3n) is 2.98. The number of anilines is 1. The van der Waals surface area contributed by atoms with Crippen molar-refractivity contribution >= 4 is 38.9 Å². The van der Waals surface area contributed by atoms with Crippen LogP contribution in [0.4, 0.5) is 15.8 Å². The molecular weight excluding hydrogens is 363 g/mol. The number of nitro benzene ring substituents is 1. The van der Waals surface area contributed by atoms with E-state index in [4.69, 9.17) is 11.6 Å². The molecule has 2 aromatic carbocycles. The predicted molar refractivity (Wildman–Crippen MR) is 84.2 cm³/mol. The molecule has 2 rings (SSSR count). The Morgan fingerprint density at radius 1 is 1.33 bits per heavy atom. The standard InChI is InChI=1S/C14H11BrClFN2O2/c1-8(9-2-4-10(15)5-3-9)18-13-6-11(16)12(17)7-14(13)19(20)21/h2-8,18H,1H3. The van der Waals surface area contributed by atoms with Gasteiger partial charge in [-0.2, -0.15) is 0 Å². The van der Waals surface area contributed by atoms with E-state index in [1.807, 2.05) is 31.2 Å². The van der Waals surface area contributed by atoms with Crippen LogP contribution in [0.3, 0.4) is 0 Å². The molecule has 1 N–H and O–H groups in total. The lowest BCUT2D eigenvalue weighted by atomic mass is 10.1. The number of nitrogens with one attached hydrogen (secondary N) is 1. The van der Waals surface area contributed by atoms with Crippen LogP contribution in [0.25, 0.3) is 0 Å². The van der Waals surface area contributed by atoms with Gasteiger partial charge in [-0.15, -0.1) is 0 Å². The van der Waals surface area contributed by atoms with Crippen LogP contribution in [-0.4, -0.2) is 4.92 Å². The fourth-order valence-corrected chi connectivity index (χ4v) is 2.30. The molecule has 0 aliphatic heterocycles. The summed E-state index contributed by atoms with van der Waals surface area (Å²) in [4.78, 5) is 10.4. The minimum absolute atomic E-state index is 0.161. The molecule has 0 saturated heterocycles. The largest absolute Gasteiger partial charge is 0.373 e. The Bertz CT molecular complexity index is 679. The average Bonchev–Trinajstić information content (AvgIpc) is 2.43. The first-order chi connectivity index (χ1) is 9.88. The van der Waals surface area contributed by atoms with Crippen molar-refractivity contribution in [1.82, 2.24) is 0 Å². The smallest absolute Gasteiger partial charge is 0.295 e. The van der Waals surface area contributed by atoms with Crippen molar-refractivity contribution in [2.75, 3.05) is 5.32 Å². The average molecular weight is 374 g/mol. The molecule has 0 aromatic heterocycles. The van der Waals surface area contributed by atoms with E-state index >= 15 is 0 Å². The van der Waals surface area contributed by atoms with Crippen molar-refractivity contribution in [1.29, 1.82) is 0 Å². The summed E-state index contributed by atoms with van der Waals surface area (Å²) in [5, 5.41) is 13.8. The molecule has 1 atom stereocenters. The van der Waals surface area contributed by atoms with Gasteiger partial charge in [0.25, 0.3) is 5.69 Å². The van der Waals surface area contributed by atoms with Gasteiger partial charge in [-0.1, -0.05) is 39.7 Å². The van der Waals surface area contributed by atoms with Crippen LogP contribution in [0.15, 0.2) is 40.9 Å². The molecule has 0 bridgehead atoms. The SMILES string of the molecule is CC(Nc1cc(Cl)c(F)cc1[N+](=O)[O-])c1ccc(Br)cc1. The lowest BCUT2D eigenvalue weighted by molar-refractivity contribution is -0.384. The Hall–Kier alpha value is -1.66. The van der Waals surface area contributed by atoms with E-state index in [-0.39, 0.29) is 22.4 Å². The Morgan fingerprint density at radius 3 is 2.52 bits per heavy atom. The van der Waals surface area contributed by atoms with E-state index in [1.54, 1.807) is 0 Å². The van der Waals surface area contributed by atoms with Crippen molar-refractivity contribution in [3.8, 4) is 0 Å². The molecular formula is C14H11BrClFN2O2. The minimum Gasteiger partial charge on any atom is -0.373 e. The fraction of sp³-hybridized carbons (Fsp3) is 0.143. The number of hydrogen-bond acceptors (Lipinski definition) is 3. The van der Waals surface area contributed by atoms with Crippen LogP contribution in [0.1, 0.15) is 18.5 Å². The van der Waals surface area contributed by atoms with Gasteiger partial charge in [-0.05, 0) is 30.7 Å². The molecule has 21 heavy (non-hydrogen) atoms. The monoisotopic (exact) mass is 372 g/mol. The second-order valence-corrected chi connectivity index (χ2v) is 5.78. The van der Waals surface area contributed by atoms with E-state index in [0.29, 0.717) is 0 Å². The topological polar surface area (TPSA) is 55.2 Å². The summed E-state index contributed by atoms with van der Waals surface area (Å²) >= 11 is 9.04. The van der Waals surface area contributed by atoms with Crippen LogP contribution in [0.5, 0.6) is 0 Å². The van der Waals surface area contributed by atoms with Crippen LogP contribution in [0, 0.1) is 15.9 Å². The summed E-state index contributed by atoms with van der Waals surface area (Å²) in [7, 11) is 0. The molecule has 0 radical (unpaired) electrons. The highest BCUT2D eigenvalue weighted by Crippen LogP contribution is 2.33. The first-order valence-corrected chi connectivity index (χ1v) is 7.21. The molecule has 4 nitrogen and oxygen atoms in total. The van der Waals surface area contributed by atoms with Crippen molar-refractivity contribution in [3.05, 3.63) is 67.4 Å². The van der Waals surface area contributed by atoms with E-state index in [0.717, 1.165) is 16.1 Å². The molecule has 0 aliphatic rings. The first-order valence-electron chi connectivity index (χ1n) is 6.04. The van der Waals surface area contributed by atoms with E-state index in [1.165, 1.54) is 6.07 Å². The maximum absolute atomic E-state index is 13.4. The molecule has 0 spiro atoms. The fourth-order valence-electron chi connectivity index (χ4n) is 1.87. The second-order valence-electron chi connectivity index (χ2n) is 4.46. The van der Waals surface area contributed by atoms with Crippen molar-refractivity contribution in [2.45, 2.75) is 13.0 Å². The first kappa shape index (κ1) is 15.7. The van der Waals surface area contributed by atoms with Crippen molar-refractivity contribution in [2.24, 2.45) is 0 Å². The number of nitro groups is 1. The molecule has 0 aliphatic carbocycles. The van der Waals surface area contributed by atoms with E-state index < -0.39 is 10.7 Å². The van der Waals surface area contributed by atoms with Crippen LogP contribution < -0.4 is 5.32 Å². The highest BCUT2D eigenvalue weighted by Gasteiger charge is 2.19. The van der Waals surface area contributed by atoms with Gasteiger partial charge < -0.3 is 5.32 Å². The van der Waals surface area contributed by atoms with Gasteiger partial charge in [0, 0.05) is 10.5 Å². The van der Waals surface area contributed by atoms with Gasteiger partial charge in [0.15, 0.2) is 0 Å². The quantitative estimate of drug-likeness (QED) is 0.582. The number of halogens is 3. The lowest BCUT2D eigenvalue weighted by Crippen LogP contribution is -2.08. The number of benzene rings is 2. The number of nitrogens with zero attached hydrogens (tertiary/aromatic N) is 1. The van der Waals surface area contributed by atoms with Gasteiger partial charge >= 0.3 is 0 Å². The third kappa shape index (κ3) is 3.71. The van der Waals surface area contributed by atoms with Gasteiger partial charge in [0.05, 0.1) is 16.0 Å². The molecule has 110 valence electrons. The maximum Gasteiger partial charge on any atom is 0.295 e. The van der Waals surface area contributed by atoms with Gasteiger partial charge in [-0.3, -0.25) is 10.1 Å². The van der Waals surface area contributed by atoms with Crippen LogP contribution in [-0.2, 0) is 0 Å². The Kier molecular flexibility index (Phi) is 4.80. The van der Waals surface area contributed by atoms with Crippen LogP contribution >= 0.6 is 27.5 Å². The molecule has 0 saturated carbocycles.